The maximum atomic E-state index is 12.7. The minimum Gasteiger partial charge on any atom is -0.389 e. The largest absolute Gasteiger partial charge is 0.389 e. The molecular weight excluding hydrogens is 247 g/mol. The lowest BCUT2D eigenvalue weighted by molar-refractivity contribution is -0.116. The van der Waals surface area contributed by atoms with Gasteiger partial charge in [0, 0.05) is 11.2 Å². The lowest BCUT2D eigenvalue weighted by Crippen LogP contribution is -2.57. The molecule has 0 bridgehead atoms. The van der Waals surface area contributed by atoms with Gasteiger partial charge in [0.15, 0.2) is 0 Å². The summed E-state index contributed by atoms with van der Waals surface area (Å²) in [5, 5.41) is 15.6. The smallest absolute Gasteiger partial charge is 0.238 e. The van der Waals surface area contributed by atoms with Crippen molar-refractivity contribution in [1.29, 1.82) is 0 Å². The van der Waals surface area contributed by atoms with Gasteiger partial charge >= 0.3 is 0 Å². The van der Waals surface area contributed by atoms with Gasteiger partial charge in [-0.3, -0.25) is 4.79 Å². The first kappa shape index (κ1) is 15.6. The van der Waals surface area contributed by atoms with Crippen LogP contribution in [-0.2, 0) is 4.79 Å². The Hall–Kier alpha value is -1.46. The number of carbonyl (C=O) groups excluding carboxylic acids is 1. The average Bonchev–Trinajstić information content (AvgIpc) is 2.28. The van der Waals surface area contributed by atoms with E-state index in [2.05, 4.69) is 10.6 Å². The topological polar surface area (TPSA) is 61.4 Å². The van der Waals surface area contributed by atoms with Crippen LogP contribution in [0, 0.1) is 5.82 Å². The number of rotatable bonds is 5. The van der Waals surface area contributed by atoms with Crippen molar-refractivity contribution in [1.82, 2.24) is 5.32 Å². The molecule has 0 saturated heterocycles. The SMILES string of the molecule is CC(C)(O)C(C)(C)NCC(=O)Nc1ccc(F)cc1. The summed E-state index contributed by atoms with van der Waals surface area (Å²) in [6.07, 6.45) is 0. The Labute approximate surface area is 113 Å². The van der Waals surface area contributed by atoms with Crippen LogP contribution in [0.1, 0.15) is 27.7 Å². The number of carbonyl (C=O) groups is 1. The number of halogens is 1. The molecule has 0 heterocycles. The van der Waals surface area contributed by atoms with E-state index in [1.165, 1.54) is 24.3 Å². The molecule has 0 radical (unpaired) electrons. The van der Waals surface area contributed by atoms with Gasteiger partial charge in [-0.2, -0.15) is 0 Å². The van der Waals surface area contributed by atoms with E-state index >= 15 is 0 Å². The molecule has 1 aromatic rings. The minimum absolute atomic E-state index is 0.0639. The van der Waals surface area contributed by atoms with Gasteiger partial charge in [0.1, 0.15) is 5.82 Å². The molecule has 0 fully saturated rings. The zero-order valence-corrected chi connectivity index (χ0v) is 11.7. The molecule has 0 aliphatic rings. The van der Waals surface area contributed by atoms with Crippen molar-refractivity contribution in [3.05, 3.63) is 30.1 Å². The number of anilines is 1. The van der Waals surface area contributed by atoms with Gasteiger partial charge in [0.25, 0.3) is 0 Å². The number of benzene rings is 1. The van der Waals surface area contributed by atoms with Crippen LogP contribution in [0.15, 0.2) is 24.3 Å². The summed E-state index contributed by atoms with van der Waals surface area (Å²) in [6.45, 7) is 7.06. The number of aliphatic hydroxyl groups is 1. The lowest BCUT2D eigenvalue weighted by Gasteiger charge is -2.38. The molecule has 0 saturated carbocycles. The molecule has 1 aromatic carbocycles. The van der Waals surface area contributed by atoms with Crippen LogP contribution in [0.3, 0.4) is 0 Å². The highest BCUT2D eigenvalue weighted by atomic mass is 19.1. The van der Waals surface area contributed by atoms with Crippen LogP contribution in [0.2, 0.25) is 0 Å². The number of hydrogen-bond acceptors (Lipinski definition) is 3. The van der Waals surface area contributed by atoms with Gasteiger partial charge in [-0.05, 0) is 52.0 Å². The normalized spacial score (nSPS) is 12.3. The molecule has 1 rings (SSSR count). The van der Waals surface area contributed by atoms with Crippen LogP contribution in [0.4, 0.5) is 10.1 Å². The number of hydrogen-bond donors (Lipinski definition) is 3. The molecule has 5 heteroatoms. The molecule has 0 spiro atoms. The Morgan fingerprint density at radius 3 is 2.21 bits per heavy atom. The highest BCUT2D eigenvalue weighted by Gasteiger charge is 2.34. The van der Waals surface area contributed by atoms with Gasteiger partial charge < -0.3 is 15.7 Å². The molecular formula is C14H21FN2O2. The summed E-state index contributed by atoms with van der Waals surface area (Å²) in [5.41, 5.74) is -1.02. The van der Waals surface area contributed by atoms with Crippen molar-refractivity contribution in [2.75, 3.05) is 11.9 Å². The average molecular weight is 268 g/mol. The first-order valence-corrected chi connectivity index (χ1v) is 6.15. The summed E-state index contributed by atoms with van der Waals surface area (Å²) in [5.74, 6) is -0.594. The van der Waals surface area contributed by atoms with E-state index < -0.39 is 11.1 Å². The van der Waals surface area contributed by atoms with Crippen molar-refractivity contribution >= 4 is 11.6 Å². The van der Waals surface area contributed by atoms with Crippen LogP contribution < -0.4 is 10.6 Å². The first-order valence-electron chi connectivity index (χ1n) is 6.15. The zero-order chi connectivity index (χ0) is 14.7. The van der Waals surface area contributed by atoms with E-state index in [0.29, 0.717) is 5.69 Å². The molecule has 0 aromatic heterocycles. The summed E-state index contributed by atoms with van der Waals surface area (Å²) in [4.78, 5) is 11.7. The quantitative estimate of drug-likeness (QED) is 0.764. The summed E-state index contributed by atoms with van der Waals surface area (Å²) in [7, 11) is 0. The molecule has 0 aliphatic carbocycles. The third-order valence-electron chi connectivity index (χ3n) is 3.35. The zero-order valence-electron chi connectivity index (χ0n) is 11.7. The second kappa shape index (κ2) is 5.67. The van der Waals surface area contributed by atoms with E-state index in [4.69, 9.17) is 0 Å². The van der Waals surface area contributed by atoms with Crippen LogP contribution in [0.25, 0.3) is 0 Å². The Morgan fingerprint density at radius 1 is 1.21 bits per heavy atom. The number of nitrogens with one attached hydrogen (secondary N) is 2. The second-order valence-corrected chi connectivity index (χ2v) is 5.59. The first-order chi connectivity index (χ1) is 8.62. The Kier molecular flexibility index (Phi) is 4.66. The standard InChI is InChI=1S/C14H21FN2O2/c1-13(2,14(3,4)19)16-9-12(18)17-11-7-5-10(15)6-8-11/h5-8,16,19H,9H2,1-4H3,(H,17,18). The predicted molar refractivity (Wildman–Crippen MR) is 73.4 cm³/mol. The van der Waals surface area contributed by atoms with Crippen molar-refractivity contribution in [3.63, 3.8) is 0 Å². The van der Waals surface area contributed by atoms with Crippen molar-refractivity contribution in [2.24, 2.45) is 0 Å². The lowest BCUT2D eigenvalue weighted by atomic mass is 9.86. The van der Waals surface area contributed by atoms with E-state index in [0.717, 1.165) is 0 Å². The van der Waals surface area contributed by atoms with E-state index in [9.17, 15) is 14.3 Å². The third-order valence-corrected chi connectivity index (χ3v) is 3.35. The van der Waals surface area contributed by atoms with Crippen LogP contribution in [-0.4, -0.2) is 28.7 Å². The molecule has 3 N–H and O–H groups in total. The van der Waals surface area contributed by atoms with Gasteiger partial charge in [0.2, 0.25) is 5.91 Å². The Bertz CT molecular complexity index is 436. The predicted octanol–water partition coefficient (Wildman–Crippen LogP) is 1.90. The number of amides is 1. The molecule has 0 atom stereocenters. The maximum absolute atomic E-state index is 12.7. The fourth-order valence-electron chi connectivity index (χ4n) is 1.26. The molecule has 0 aliphatic heterocycles. The highest BCUT2D eigenvalue weighted by Crippen LogP contribution is 2.20. The van der Waals surface area contributed by atoms with Crippen molar-refractivity contribution < 1.29 is 14.3 Å². The molecule has 19 heavy (non-hydrogen) atoms. The molecule has 0 unspecified atom stereocenters. The fourth-order valence-corrected chi connectivity index (χ4v) is 1.26. The van der Waals surface area contributed by atoms with Gasteiger partial charge in [-0.25, -0.2) is 4.39 Å². The van der Waals surface area contributed by atoms with Gasteiger partial charge in [0.05, 0.1) is 12.1 Å². The highest BCUT2D eigenvalue weighted by molar-refractivity contribution is 5.92. The van der Waals surface area contributed by atoms with Crippen molar-refractivity contribution in [3.8, 4) is 0 Å². The summed E-state index contributed by atoms with van der Waals surface area (Å²) < 4.78 is 12.7. The summed E-state index contributed by atoms with van der Waals surface area (Å²) >= 11 is 0. The third kappa shape index (κ3) is 4.61. The van der Waals surface area contributed by atoms with E-state index in [1.807, 2.05) is 13.8 Å². The van der Waals surface area contributed by atoms with Crippen molar-refractivity contribution in [2.45, 2.75) is 38.8 Å². The summed E-state index contributed by atoms with van der Waals surface area (Å²) in [6, 6.07) is 5.55. The Balaban J connectivity index is 2.51. The minimum atomic E-state index is -0.955. The monoisotopic (exact) mass is 268 g/mol. The van der Waals surface area contributed by atoms with E-state index in [-0.39, 0.29) is 18.3 Å². The Morgan fingerprint density at radius 2 is 1.74 bits per heavy atom. The molecule has 106 valence electrons. The molecule has 1 amide bonds. The van der Waals surface area contributed by atoms with Crippen LogP contribution >= 0.6 is 0 Å². The van der Waals surface area contributed by atoms with E-state index in [1.54, 1.807) is 13.8 Å². The van der Waals surface area contributed by atoms with Gasteiger partial charge in [-0.15, -0.1) is 0 Å². The van der Waals surface area contributed by atoms with Gasteiger partial charge in [-0.1, -0.05) is 0 Å². The molecule has 4 nitrogen and oxygen atoms in total. The maximum Gasteiger partial charge on any atom is 0.238 e. The second-order valence-electron chi connectivity index (χ2n) is 5.59. The fraction of sp³-hybridized carbons (Fsp3) is 0.500. The van der Waals surface area contributed by atoms with Crippen LogP contribution in [0.5, 0.6) is 0 Å².